The minimum absolute atomic E-state index is 0.0608. The van der Waals surface area contributed by atoms with Gasteiger partial charge in [-0.25, -0.2) is 0 Å². The van der Waals surface area contributed by atoms with Crippen LogP contribution in [0.25, 0.3) is 0 Å². The first-order chi connectivity index (χ1) is 11.4. The average molecular weight is 328 g/mol. The smallest absolute Gasteiger partial charge is 0.273 e. The molecule has 2 rings (SSSR count). The Kier molecular flexibility index (Phi) is 5.52. The second kappa shape index (κ2) is 7.59. The number of aryl methyl sites for hydroxylation is 3. The molecule has 0 aliphatic carbocycles. The van der Waals surface area contributed by atoms with Gasteiger partial charge in [0.15, 0.2) is 0 Å². The Morgan fingerprint density at radius 1 is 1.12 bits per heavy atom. The number of nitrogens with zero attached hydrogens (tertiary/aromatic N) is 1. The van der Waals surface area contributed by atoms with Gasteiger partial charge in [-0.3, -0.25) is 14.9 Å². The largest absolute Gasteiger partial charge is 0.491 e. The molecule has 1 amide bonds. The van der Waals surface area contributed by atoms with Crippen LogP contribution in [0.2, 0.25) is 0 Å². The molecule has 0 atom stereocenters. The topological polar surface area (TPSA) is 81.5 Å². The van der Waals surface area contributed by atoms with E-state index in [1.54, 1.807) is 19.1 Å². The van der Waals surface area contributed by atoms with Crippen molar-refractivity contribution in [1.82, 2.24) is 5.32 Å². The maximum Gasteiger partial charge on any atom is 0.273 e. The van der Waals surface area contributed by atoms with E-state index in [1.807, 2.05) is 32.0 Å². The van der Waals surface area contributed by atoms with Crippen LogP contribution >= 0.6 is 0 Å². The lowest BCUT2D eigenvalue weighted by Crippen LogP contribution is -2.28. The number of carbonyl (C=O) groups excluding carboxylic acids is 1. The molecule has 126 valence electrons. The third-order valence-electron chi connectivity index (χ3n) is 3.66. The number of carbonyl (C=O) groups is 1. The molecule has 6 nitrogen and oxygen atoms in total. The fraction of sp³-hybridized carbons (Fsp3) is 0.278. The summed E-state index contributed by atoms with van der Waals surface area (Å²) in [6.45, 7) is 6.22. The van der Waals surface area contributed by atoms with Crippen molar-refractivity contribution in [2.75, 3.05) is 13.2 Å². The van der Waals surface area contributed by atoms with E-state index in [0.29, 0.717) is 18.7 Å². The summed E-state index contributed by atoms with van der Waals surface area (Å²) in [5.41, 5.74) is 2.86. The van der Waals surface area contributed by atoms with E-state index < -0.39 is 4.92 Å². The van der Waals surface area contributed by atoms with Gasteiger partial charge in [0.2, 0.25) is 0 Å². The second-order valence-corrected chi connectivity index (χ2v) is 5.63. The van der Waals surface area contributed by atoms with Crippen molar-refractivity contribution < 1.29 is 14.5 Å². The molecule has 0 fully saturated rings. The number of rotatable bonds is 6. The Morgan fingerprint density at radius 2 is 1.83 bits per heavy atom. The Balaban J connectivity index is 1.91. The molecule has 0 aliphatic heterocycles. The highest BCUT2D eigenvalue weighted by Crippen LogP contribution is 2.20. The molecule has 0 unspecified atom stereocenters. The van der Waals surface area contributed by atoms with Crippen LogP contribution in [0.4, 0.5) is 5.69 Å². The number of benzene rings is 2. The van der Waals surface area contributed by atoms with Crippen molar-refractivity contribution in [3.05, 3.63) is 68.8 Å². The highest BCUT2D eigenvalue weighted by atomic mass is 16.6. The molecule has 0 saturated carbocycles. The zero-order valence-corrected chi connectivity index (χ0v) is 14.0. The van der Waals surface area contributed by atoms with Crippen LogP contribution in [-0.4, -0.2) is 24.0 Å². The number of nitrogens with one attached hydrogen (secondary N) is 1. The van der Waals surface area contributed by atoms with Gasteiger partial charge in [0.1, 0.15) is 12.4 Å². The highest BCUT2D eigenvalue weighted by molar-refractivity contribution is 5.94. The van der Waals surface area contributed by atoms with Crippen molar-refractivity contribution in [2.45, 2.75) is 20.8 Å². The predicted molar refractivity (Wildman–Crippen MR) is 91.6 cm³/mol. The third-order valence-corrected chi connectivity index (χ3v) is 3.66. The van der Waals surface area contributed by atoms with Crippen molar-refractivity contribution in [1.29, 1.82) is 0 Å². The lowest BCUT2D eigenvalue weighted by Gasteiger charge is -2.11. The molecule has 24 heavy (non-hydrogen) atoms. The summed E-state index contributed by atoms with van der Waals surface area (Å²) in [5, 5.41) is 13.6. The minimum atomic E-state index is -0.490. The molecule has 0 aliphatic rings. The van der Waals surface area contributed by atoms with Crippen LogP contribution in [0.5, 0.6) is 5.75 Å². The van der Waals surface area contributed by atoms with Crippen LogP contribution in [0, 0.1) is 30.9 Å². The summed E-state index contributed by atoms with van der Waals surface area (Å²) in [6, 6.07) is 10.4. The second-order valence-electron chi connectivity index (χ2n) is 5.63. The normalized spacial score (nSPS) is 10.3. The Bertz CT molecular complexity index is 772. The molecular weight excluding hydrogens is 308 g/mol. The van der Waals surface area contributed by atoms with Crippen LogP contribution < -0.4 is 10.1 Å². The highest BCUT2D eigenvalue weighted by Gasteiger charge is 2.14. The fourth-order valence-corrected chi connectivity index (χ4v) is 2.24. The maximum absolute atomic E-state index is 12.1. The van der Waals surface area contributed by atoms with Crippen LogP contribution in [0.3, 0.4) is 0 Å². The summed E-state index contributed by atoms with van der Waals surface area (Å²) in [6.07, 6.45) is 0. The first-order valence-electron chi connectivity index (χ1n) is 7.62. The van der Waals surface area contributed by atoms with Gasteiger partial charge in [0.25, 0.3) is 11.6 Å². The molecule has 2 aromatic carbocycles. The third kappa shape index (κ3) is 4.32. The van der Waals surface area contributed by atoms with E-state index in [-0.39, 0.29) is 17.2 Å². The molecule has 0 spiro atoms. The number of nitro benzene ring substituents is 1. The number of nitro groups is 1. The van der Waals surface area contributed by atoms with E-state index in [0.717, 1.165) is 16.9 Å². The predicted octanol–water partition coefficient (Wildman–Crippen LogP) is 3.33. The first-order valence-corrected chi connectivity index (χ1v) is 7.62. The molecule has 6 heteroatoms. The quantitative estimate of drug-likeness (QED) is 0.501. The van der Waals surface area contributed by atoms with Crippen LogP contribution in [-0.2, 0) is 0 Å². The standard InChI is InChI=1S/C18H20N2O4/c1-12-4-5-14(3)17(10-12)24-9-8-19-18(21)15-7-6-13(2)16(11-15)20(22)23/h4-7,10-11H,8-9H2,1-3H3,(H,19,21). The Hall–Kier alpha value is -2.89. The zero-order valence-electron chi connectivity index (χ0n) is 14.0. The number of hydrogen-bond acceptors (Lipinski definition) is 4. The van der Waals surface area contributed by atoms with E-state index >= 15 is 0 Å². The zero-order chi connectivity index (χ0) is 17.7. The lowest BCUT2D eigenvalue weighted by molar-refractivity contribution is -0.385. The minimum Gasteiger partial charge on any atom is -0.491 e. The van der Waals surface area contributed by atoms with Crippen molar-refractivity contribution >= 4 is 11.6 Å². The number of hydrogen-bond donors (Lipinski definition) is 1. The molecule has 1 N–H and O–H groups in total. The Labute approximate surface area is 140 Å². The fourth-order valence-electron chi connectivity index (χ4n) is 2.24. The summed E-state index contributed by atoms with van der Waals surface area (Å²) in [7, 11) is 0. The van der Waals surface area contributed by atoms with Crippen molar-refractivity contribution in [3.8, 4) is 5.75 Å². The van der Waals surface area contributed by atoms with E-state index in [4.69, 9.17) is 4.74 Å². The van der Waals surface area contributed by atoms with Gasteiger partial charge in [0, 0.05) is 17.2 Å². The lowest BCUT2D eigenvalue weighted by atomic mass is 10.1. The van der Waals surface area contributed by atoms with Gasteiger partial charge in [-0.15, -0.1) is 0 Å². The monoisotopic (exact) mass is 328 g/mol. The van der Waals surface area contributed by atoms with Gasteiger partial charge in [-0.2, -0.15) is 0 Å². The van der Waals surface area contributed by atoms with E-state index in [2.05, 4.69) is 5.32 Å². The van der Waals surface area contributed by atoms with Gasteiger partial charge in [0.05, 0.1) is 11.5 Å². The van der Waals surface area contributed by atoms with Crippen LogP contribution in [0.15, 0.2) is 36.4 Å². The van der Waals surface area contributed by atoms with E-state index in [1.165, 1.54) is 6.07 Å². The van der Waals surface area contributed by atoms with Crippen LogP contribution in [0.1, 0.15) is 27.0 Å². The van der Waals surface area contributed by atoms with Gasteiger partial charge in [-0.05, 0) is 44.0 Å². The molecule has 0 radical (unpaired) electrons. The molecule has 0 aromatic heterocycles. The van der Waals surface area contributed by atoms with Gasteiger partial charge < -0.3 is 10.1 Å². The maximum atomic E-state index is 12.1. The van der Waals surface area contributed by atoms with Gasteiger partial charge in [-0.1, -0.05) is 18.2 Å². The van der Waals surface area contributed by atoms with E-state index in [9.17, 15) is 14.9 Å². The molecule has 0 bridgehead atoms. The summed E-state index contributed by atoms with van der Waals surface area (Å²) in [5.74, 6) is 0.429. The molecule has 2 aromatic rings. The SMILES string of the molecule is Cc1ccc(C)c(OCCNC(=O)c2ccc(C)c([N+](=O)[O-])c2)c1. The van der Waals surface area contributed by atoms with Crippen molar-refractivity contribution in [2.24, 2.45) is 0 Å². The summed E-state index contributed by atoms with van der Waals surface area (Å²) in [4.78, 5) is 22.5. The molecular formula is C18H20N2O4. The first kappa shape index (κ1) is 17.5. The average Bonchev–Trinajstić information content (AvgIpc) is 2.54. The summed E-state index contributed by atoms with van der Waals surface area (Å²) >= 11 is 0. The molecule has 0 saturated heterocycles. The van der Waals surface area contributed by atoms with Crippen molar-refractivity contribution in [3.63, 3.8) is 0 Å². The Morgan fingerprint density at radius 3 is 2.54 bits per heavy atom. The number of ether oxygens (including phenoxy) is 1. The number of amides is 1. The molecule has 0 heterocycles. The van der Waals surface area contributed by atoms with Gasteiger partial charge >= 0.3 is 0 Å². The summed E-state index contributed by atoms with van der Waals surface area (Å²) < 4.78 is 5.66.